The fourth-order valence-corrected chi connectivity index (χ4v) is 1.26. The zero-order valence-corrected chi connectivity index (χ0v) is 12.4. The summed E-state index contributed by atoms with van der Waals surface area (Å²) in [5, 5.41) is 18.2. The molecule has 1 rings (SSSR count). The lowest BCUT2D eigenvalue weighted by atomic mass is 10.3. The van der Waals surface area contributed by atoms with E-state index in [0.717, 1.165) is 5.76 Å². The molecule has 1 aromatic heterocycles. The lowest BCUT2D eigenvalue weighted by Crippen LogP contribution is -2.07. The number of rotatable bonds is 3. The monoisotopic (exact) mass is 285 g/mol. The summed E-state index contributed by atoms with van der Waals surface area (Å²) < 4.78 is 5.48. The summed E-state index contributed by atoms with van der Waals surface area (Å²) in [6.45, 7) is 5.13. The minimum absolute atomic E-state index is 0.517. The summed E-state index contributed by atoms with van der Waals surface area (Å²) in [6, 6.07) is 9.22. The van der Waals surface area contributed by atoms with Gasteiger partial charge in [-0.2, -0.15) is 4.90 Å². The minimum atomic E-state index is -0.543. The van der Waals surface area contributed by atoms with Crippen molar-refractivity contribution >= 4 is 5.88 Å². The summed E-state index contributed by atoms with van der Waals surface area (Å²) in [5.41, 5.74) is 0. The predicted octanol–water partition coefficient (Wildman–Crippen LogP) is 2.19. The fourth-order valence-electron chi connectivity index (χ4n) is 1.26. The Balaban J connectivity index is 2.90. The Labute approximate surface area is 125 Å². The van der Waals surface area contributed by atoms with Gasteiger partial charge in [-0.1, -0.05) is 11.8 Å². The van der Waals surface area contributed by atoms with Gasteiger partial charge in [-0.3, -0.25) is 0 Å². The average molecular weight is 285 g/mol. The predicted molar refractivity (Wildman–Crippen MR) is 83.1 cm³/mol. The van der Waals surface area contributed by atoms with Gasteiger partial charge in [-0.15, -0.1) is 0 Å². The van der Waals surface area contributed by atoms with E-state index >= 15 is 0 Å². The van der Waals surface area contributed by atoms with Crippen LogP contribution in [-0.4, -0.2) is 22.4 Å². The molecule has 1 heterocycles. The van der Waals surface area contributed by atoms with Crippen LogP contribution in [-0.2, 0) is 0 Å². The van der Waals surface area contributed by atoms with Gasteiger partial charge in [-0.05, 0) is 51.1 Å². The Morgan fingerprint density at radius 3 is 1.95 bits per heavy atom. The number of hydrogen-bond acceptors (Lipinski definition) is 4. The van der Waals surface area contributed by atoms with E-state index in [1.807, 2.05) is 13.0 Å². The summed E-state index contributed by atoms with van der Waals surface area (Å²) in [5.74, 6) is 6.83. The van der Waals surface area contributed by atoms with Gasteiger partial charge in [0.25, 0.3) is 0 Å². The molecule has 0 aliphatic carbocycles. The van der Waals surface area contributed by atoms with Crippen LogP contribution in [0, 0.1) is 30.9 Å². The zero-order chi connectivity index (χ0) is 15.7. The van der Waals surface area contributed by atoms with E-state index in [1.54, 1.807) is 44.2 Å². The number of aliphatic hydroxyl groups is 2. The summed E-state index contributed by atoms with van der Waals surface area (Å²) >= 11 is 0. The molecule has 0 aliphatic rings. The van der Waals surface area contributed by atoms with Crippen molar-refractivity contribution in [2.75, 3.05) is 4.90 Å². The van der Waals surface area contributed by atoms with Crippen molar-refractivity contribution in [1.82, 2.24) is 0 Å². The first-order valence-corrected chi connectivity index (χ1v) is 6.57. The molecular weight excluding hydrogens is 266 g/mol. The molecule has 0 spiro atoms. The molecule has 0 radical (unpaired) electrons. The molecule has 2 atom stereocenters. The van der Waals surface area contributed by atoms with Crippen molar-refractivity contribution in [2.45, 2.75) is 33.0 Å². The van der Waals surface area contributed by atoms with Gasteiger partial charge >= 0.3 is 0 Å². The van der Waals surface area contributed by atoms with Crippen LogP contribution in [0.2, 0.25) is 0 Å². The smallest absolute Gasteiger partial charge is 0.219 e. The second kappa shape index (κ2) is 8.71. The molecule has 0 aromatic carbocycles. The Bertz CT molecular complexity index is 580. The number of anilines is 1. The van der Waals surface area contributed by atoms with E-state index in [-0.39, 0.29) is 0 Å². The Morgan fingerprint density at radius 2 is 1.57 bits per heavy atom. The average Bonchev–Trinajstić information content (AvgIpc) is 2.82. The van der Waals surface area contributed by atoms with Gasteiger partial charge in [0.2, 0.25) is 5.88 Å². The maximum Gasteiger partial charge on any atom is 0.219 e. The fraction of sp³-hybridized carbons (Fsp3) is 0.294. The number of nitrogens with zero attached hydrogens (tertiary/aromatic N) is 1. The van der Waals surface area contributed by atoms with E-state index in [0.29, 0.717) is 5.88 Å². The van der Waals surface area contributed by atoms with Crippen LogP contribution in [0.15, 0.2) is 40.9 Å². The first-order valence-electron chi connectivity index (χ1n) is 6.57. The highest BCUT2D eigenvalue weighted by Gasteiger charge is 2.04. The van der Waals surface area contributed by atoms with Crippen LogP contribution in [0.25, 0.3) is 0 Å². The van der Waals surface area contributed by atoms with Crippen molar-refractivity contribution in [3.8, 4) is 23.9 Å². The van der Waals surface area contributed by atoms with E-state index < -0.39 is 12.2 Å². The topological polar surface area (TPSA) is 56.8 Å². The van der Waals surface area contributed by atoms with Gasteiger partial charge in [0, 0.05) is 18.2 Å². The molecular formula is C17H19NO3. The van der Waals surface area contributed by atoms with Gasteiger partial charge in [0.05, 0.1) is 12.2 Å². The quantitative estimate of drug-likeness (QED) is 0.660. The zero-order valence-electron chi connectivity index (χ0n) is 12.4. The third kappa shape index (κ3) is 7.08. The number of allylic oxidation sites excluding steroid dienone is 2. The maximum atomic E-state index is 9.12. The molecule has 1 aromatic rings. The second-order valence-electron chi connectivity index (χ2n) is 4.43. The van der Waals surface area contributed by atoms with E-state index in [2.05, 4.69) is 23.9 Å². The van der Waals surface area contributed by atoms with Gasteiger partial charge in [-0.25, -0.2) is 0 Å². The van der Waals surface area contributed by atoms with Crippen LogP contribution >= 0.6 is 0 Å². The highest BCUT2D eigenvalue weighted by molar-refractivity contribution is 5.52. The largest absolute Gasteiger partial charge is 0.444 e. The summed E-state index contributed by atoms with van der Waals surface area (Å²) in [6.07, 6.45) is 5.16. The Hall–Kier alpha value is -2.40. The van der Waals surface area contributed by atoms with Gasteiger partial charge < -0.3 is 14.6 Å². The summed E-state index contributed by atoms with van der Waals surface area (Å²) in [4.78, 5) is 1.45. The molecule has 2 unspecified atom stereocenters. The molecule has 0 fully saturated rings. The standard InChI is InChI=1S/C17H19NO3/c1-14(19)8-4-6-12-18(13-7-5-9-15(2)20)17-11-10-16(3)21-17/h4-5,8-11,14-15,19-20H,1-3H3/b8-4+,9-5+. The van der Waals surface area contributed by atoms with Gasteiger partial charge in [0.1, 0.15) is 5.76 Å². The third-order valence-corrected chi connectivity index (χ3v) is 2.22. The molecule has 4 heteroatoms. The SMILES string of the molecule is Cc1ccc(N(C#C/C=C/C(C)O)C#C/C=C/C(C)O)o1. The van der Waals surface area contributed by atoms with E-state index in [1.165, 1.54) is 4.90 Å². The van der Waals surface area contributed by atoms with Crippen LogP contribution in [0.4, 0.5) is 5.88 Å². The number of furan rings is 1. The molecule has 0 amide bonds. The number of aliphatic hydroxyl groups excluding tert-OH is 2. The lowest BCUT2D eigenvalue weighted by Gasteiger charge is -2.03. The van der Waals surface area contributed by atoms with Crippen molar-refractivity contribution in [3.05, 3.63) is 42.2 Å². The van der Waals surface area contributed by atoms with Crippen LogP contribution in [0.3, 0.4) is 0 Å². The van der Waals surface area contributed by atoms with Crippen molar-refractivity contribution in [2.24, 2.45) is 0 Å². The third-order valence-electron chi connectivity index (χ3n) is 2.22. The highest BCUT2D eigenvalue weighted by atomic mass is 16.4. The van der Waals surface area contributed by atoms with E-state index in [4.69, 9.17) is 14.6 Å². The summed E-state index contributed by atoms with van der Waals surface area (Å²) in [7, 11) is 0. The van der Waals surface area contributed by atoms with Crippen molar-refractivity contribution < 1.29 is 14.6 Å². The molecule has 0 saturated heterocycles. The highest BCUT2D eigenvalue weighted by Crippen LogP contribution is 2.16. The molecule has 0 saturated carbocycles. The normalized spacial score (nSPS) is 13.4. The molecule has 0 bridgehead atoms. The van der Waals surface area contributed by atoms with Gasteiger partial charge in [0.15, 0.2) is 0 Å². The van der Waals surface area contributed by atoms with Crippen LogP contribution in [0.1, 0.15) is 19.6 Å². The number of aryl methyl sites for hydroxylation is 1. The minimum Gasteiger partial charge on any atom is -0.444 e. The maximum absolute atomic E-state index is 9.12. The van der Waals surface area contributed by atoms with Crippen molar-refractivity contribution in [3.63, 3.8) is 0 Å². The van der Waals surface area contributed by atoms with Crippen molar-refractivity contribution in [1.29, 1.82) is 0 Å². The Kier molecular flexibility index (Phi) is 6.91. The molecule has 110 valence electrons. The molecule has 2 N–H and O–H groups in total. The molecule has 0 aliphatic heterocycles. The second-order valence-corrected chi connectivity index (χ2v) is 4.43. The molecule has 4 nitrogen and oxygen atoms in total. The lowest BCUT2D eigenvalue weighted by molar-refractivity contribution is 0.244. The first-order chi connectivity index (χ1) is 9.99. The van der Waals surface area contributed by atoms with Crippen LogP contribution in [0.5, 0.6) is 0 Å². The number of hydrogen-bond donors (Lipinski definition) is 2. The van der Waals surface area contributed by atoms with Crippen LogP contribution < -0.4 is 4.90 Å². The van der Waals surface area contributed by atoms with E-state index in [9.17, 15) is 0 Å². The Morgan fingerprint density at radius 1 is 1.05 bits per heavy atom. The first kappa shape index (κ1) is 16.7. The molecule has 21 heavy (non-hydrogen) atoms.